The summed E-state index contributed by atoms with van der Waals surface area (Å²) < 4.78 is 18.4. The third kappa shape index (κ3) is 6.58. The van der Waals surface area contributed by atoms with Gasteiger partial charge in [-0.05, 0) is 24.3 Å². The normalized spacial score (nSPS) is 25.8. The Morgan fingerprint density at radius 3 is 2.79 bits per heavy atom. The van der Waals surface area contributed by atoms with Gasteiger partial charge in [0.2, 0.25) is 0 Å². The standard InChI is InChI=1S/C21H32N2O5S/c1-14(2)11-23(29)12-18(24)17(10-15-6-4-3-5-7-15)22-21(25)28-19-13-27-20-16(19)8-9-26-20/h3-7,14,16-20,24,29H,8-13H2,1-2H3,(H,22,25). The van der Waals surface area contributed by atoms with Crippen molar-refractivity contribution >= 4 is 18.9 Å². The second-order valence-electron chi connectivity index (χ2n) is 8.24. The maximum Gasteiger partial charge on any atom is 0.407 e. The number of benzene rings is 1. The van der Waals surface area contributed by atoms with E-state index < -0.39 is 18.2 Å². The van der Waals surface area contributed by atoms with E-state index in [0.29, 0.717) is 32.1 Å². The molecule has 5 unspecified atom stereocenters. The Morgan fingerprint density at radius 2 is 2.07 bits per heavy atom. The first-order valence-corrected chi connectivity index (χ1v) is 10.7. The highest BCUT2D eigenvalue weighted by atomic mass is 32.1. The average Bonchev–Trinajstić information content (AvgIpc) is 3.26. The van der Waals surface area contributed by atoms with Gasteiger partial charge in [0.1, 0.15) is 6.10 Å². The number of carbonyl (C=O) groups is 1. The molecule has 0 bridgehead atoms. The van der Waals surface area contributed by atoms with Gasteiger partial charge in [0.25, 0.3) is 0 Å². The van der Waals surface area contributed by atoms with Crippen LogP contribution in [0, 0.1) is 11.8 Å². The number of ether oxygens (including phenoxy) is 3. The predicted molar refractivity (Wildman–Crippen MR) is 113 cm³/mol. The first-order chi connectivity index (χ1) is 13.9. The first-order valence-electron chi connectivity index (χ1n) is 10.3. The zero-order chi connectivity index (χ0) is 20.8. The van der Waals surface area contributed by atoms with Gasteiger partial charge in [-0.1, -0.05) is 57.0 Å². The molecule has 8 heteroatoms. The lowest BCUT2D eigenvalue weighted by Gasteiger charge is -2.28. The van der Waals surface area contributed by atoms with Crippen molar-refractivity contribution in [1.82, 2.24) is 9.62 Å². The summed E-state index contributed by atoms with van der Waals surface area (Å²) >= 11 is 4.45. The fourth-order valence-corrected chi connectivity index (χ4v) is 4.35. The number of thiol groups is 1. The number of hydrogen-bond donors (Lipinski definition) is 3. The Bertz CT molecular complexity index is 647. The van der Waals surface area contributed by atoms with E-state index in [9.17, 15) is 9.90 Å². The number of aliphatic hydroxyl groups excluding tert-OH is 1. The molecule has 5 atom stereocenters. The number of alkyl carbamates (subject to hydrolysis) is 1. The second kappa shape index (κ2) is 10.6. The third-order valence-electron chi connectivity index (χ3n) is 5.28. The molecule has 0 aliphatic carbocycles. The number of aliphatic hydroxyl groups is 1. The molecule has 1 aromatic carbocycles. The fourth-order valence-electron chi connectivity index (χ4n) is 3.86. The number of hydrogen-bond acceptors (Lipinski definition) is 7. The molecule has 0 spiro atoms. The number of nitrogens with one attached hydrogen (secondary N) is 1. The quantitative estimate of drug-likeness (QED) is 0.528. The van der Waals surface area contributed by atoms with Crippen molar-refractivity contribution in [3.8, 4) is 0 Å². The van der Waals surface area contributed by atoms with Gasteiger partial charge >= 0.3 is 6.09 Å². The Balaban J connectivity index is 1.59. The molecule has 2 N–H and O–H groups in total. The van der Waals surface area contributed by atoms with E-state index in [4.69, 9.17) is 14.2 Å². The molecule has 2 fully saturated rings. The number of fused-ring (bicyclic) bond motifs is 1. The molecule has 162 valence electrons. The van der Waals surface area contributed by atoms with Gasteiger partial charge in [-0.2, -0.15) is 0 Å². The van der Waals surface area contributed by atoms with Crippen molar-refractivity contribution in [1.29, 1.82) is 0 Å². The maximum atomic E-state index is 12.6. The minimum atomic E-state index is -0.790. The molecule has 1 aromatic rings. The van der Waals surface area contributed by atoms with Crippen LogP contribution in [0.4, 0.5) is 4.79 Å². The summed E-state index contributed by atoms with van der Waals surface area (Å²) in [4.78, 5) is 12.6. The van der Waals surface area contributed by atoms with Crippen molar-refractivity contribution in [2.24, 2.45) is 11.8 Å². The van der Waals surface area contributed by atoms with E-state index in [1.165, 1.54) is 0 Å². The molecular weight excluding hydrogens is 392 g/mol. The smallest absolute Gasteiger partial charge is 0.407 e. The summed E-state index contributed by atoms with van der Waals surface area (Å²) in [5, 5.41) is 13.7. The lowest BCUT2D eigenvalue weighted by molar-refractivity contribution is -0.0907. The molecule has 29 heavy (non-hydrogen) atoms. The van der Waals surface area contributed by atoms with Gasteiger partial charge < -0.3 is 24.6 Å². The van der Waals surface area contributed by atoms with Crippen molar-refractivity contribution < 1.29 is 24.1 Å². The molecule has 3 rings (SSSR count). The Morgan fingerprint density at radius 1 is 1.31 bits per heavy atom. The SMILES string of the molecule is CC(C)CN(S)CC(O)C(Cc1ccccc1)NC(=O)OC1COC2OCCC12. The van der Waals surface area contributed by atoms with E-state index in [1.807, 2.05) is 30.3 Å². The van der Waals surface area contributed by atoms with Crippen LogP contribution in [0.3, 0.4) is 0 Å². The molecule has 0 aromatic heterocycles. The fraction of sp³-hybridized carbons (Fsp3) is 0.667. The highest BCUT2D eigenvalue weighted by Crippen LogP contribution is 2.33. The maximum absolute atomic E-state index is 12.6. The molecule has 1 amide bonds. The van der Waals surface area contributed by atoms with Gasteiger partial charge in [-0.3, -0.25) is 4.31 Å². The van der Waals surface area contributed by atoms with Crippen LogP contribution in [0.25, 0.3) is 0 Å². The lowest BCUT2D eigenvalue weighted by atomic mass is 10.0. The summed E-state index contributed by atoms with van der Waals surface area (Å²) in [7, 11) is 0. The van der Waals surface area contributed by atoms with Gasteiger partial charge in [-0.25, -0.2) is 4.79 Å². The number of rotatable bonds is 9. The Hall–Kier alpha value is -1.32. The van der Waals surface area contributed by atoms with Gasteiger partial charge in [0.05, 0.1) is 31.3 Å². The van der Waals surface area contributed by atoms with Crippen molar-refractivity contribution in [3.05, 3.63) is 35.9 Å². The predicted octanol–water partition coefficient (Wildman–Crippen LogP) is 2.25. The van der Waals surface area contributed by atoms with E-state index >= 15 is 0 Å². The Labute approximate surface area is 178 Å². The van der Waals surface area contributed by atoms with Crippen molar-refractivity contribution in [2.45, 2.75) is 51.2 Å². The third-order valence-corrected chi connectivity index (χ3v) is 5.61. The highest BCUT2D eigenvalue weighted by molar-refractivity contribution is 7.77. The molecule has 2 saturated heterocycles. The number of amides is 1. The molecule has 7 nitrogen and oxygen atoms in total. The molecule has 2 aliphatic heterocycles. The van der Waals surface area contributed by atoms with Crippen LogP contribution in [0.2, 0.25) is 0 Å². The summed E-state index contributed by atoms with van der Waals surface area (Å²) in [6, 6.07) is 9.28. The van der Waals surface area contributed by atoms with Gasteiger partial charge in [-0.15, -0.1) is 0 Å². The second-order valence-corrected chi connectivity index (χ2v) is 8.81. The topological polar surface area (TPSA) is 80.3 Å². The summed E-state index contributed by atoms with van der Waals surface area (Å²) in [5.41, 5.74) is 1.03. The minimum Gasteiger partial charge on any atom is -0.443 e. The molecule has 0 radical (unpaired) electrons. The van der Waals surface area contributed by atoms with Crippen LogP contribution in [0.15, 0.2) is 30.3 Å². The van der Waals surface area contributed by atoms with Crippen LogP contribution >= 0.6 is 12.8 Å². The van der Waals surface area contributed by atoms with E-state index in [2.05, 4.69) is 32.0 Å². The molecule has 2 heterocycles. The van der Waals surface area contributed by atoms with E-state index in [0.717, 1.165) is 18.5 Å². The van der Waals surface area contributed by atoms with E-state index in [1.54, 1.807) is 4.31 Å². The number of nitrogens with zero attached hydrogens (tertiary/aromatic N) is 1. The molecule has 0 saturated carbocycles. The van der Waals surface area contributed by atoms with Crippen LogP contribution in [-0.2, 0) is 20.6 Å². The first kappa shape index (κ1) is 22.4. The van der Waals surface area contributed by atoms with Gasteiger partial charge in [0, 0.05) is 13.1 Å². The van der Waals surface area contributed by atoms with Crippen molar-refractivity contribution in [2.75, 3.05) is 26.3 Å². The van der Waals surface area contributed by atoms with E-state index in [-0.39, 0.29) is 18.3 Å². The zero-order valence-electron chi connectivity index (χ0n) is 17.1. The largest absolute Gasteiger partial charge is 0.443 e. The summed E-state index contributed by atoms with van der Waals surface area (Å²) in [6.45, 7) is 6.23. The molecular formula is C21H32N2O5S. The lowest BCUT2D eigenvalue weighted by Crippen LogP contribution is -2.49. The highest BCUT2D eigenvalue weighted by Gasteiger charge is 2.44. The van der Waals surface area contributed by atoms with Crippen LogP contribution in [-0.4, -0.2) is 66.3 Å². The number of carbonyl (C=O) groups excluding carboxylic acids is 1. The van der Waals surface area contributed by atoms with Crippen LogP contribution in [0.1, 0.15) is 25.8 Å². The van der Waals surface area contributed by atoms with Crippen molar-refractivity contribution in [3.63, 3.8) is 0 Å². The minimum absolute atomic E-state index is 0.0808. The summed E-state index contributed by atoms with van der Waals surface area (Å²) in [5.74, 6) is 0.506. The van der Waals surface area contributed by atoms with Gasteiger partial charge in [0.15, 0.2) is 6.29 Å². The monoisotopic (exact) mass is 424 g/mol. The Kier molecular flexibility index (Phi) is 8.20. The van der Waals surface area contributed by atoms with Crippen LogP contribution < -0.4 is 5.32 Å². The molecule has 2 aliphatic rings. The summed E-state index contributed by atoms with van der Waals surface area (Å²) in [6.07, 6.45) is -0.604. The van der Waals surface area contributed by atoms with Crippen LogP contribution in [0.5, 0.6) is 0 Å². The average molecular weight is 425 g/mol. The zero-order valence-corrected chi connectivity index (χ0v) is 18.0.